The van der Waals surface area contributed by atoms with Crippen molar-refractivity contribution in [3.63, 3.8) is 0 Å². The van der Waals surface area contributed by atoms with Crippen LogP contribution in [-0.4, -0.2) is 59.7 Å². The minimum Gasteiger partial charge on any atom is -0.383 e. The number of carbonyl (C=O) groups is 1. The van der Waals surface area contributed by atoms with Crippen LogP contribution < -0.4 is 10.6 Å². The third kappa shape index (κ3) is 4.92. The molecule has 180 valence electrons. The van der Waals surface area contributed by atoms with Gasteiger partial charge >= 0.3 is 6.03 Å². The maximum Gasteiger partial charge on any atom is 0.320 e. The number of pyridine rings is 1. The smallest absolute Gasteiger partial charge is 0.320 e. The van der Waals surface area contributed by atoms with E-state index in [9.17, 15) is 4.79 Å². The molecule has 0 aliphatic carbocycles. The van der Waals surface area contributed by atoms with Gasteiger partial charge in [-0.1, -0.05) is 66.7 Å². The highest BCUT2D eigenvalue weighted by molar-refractivity contribution is 5.94. The summed E-state index contributed by atoms with van der Waals surface area (Å²) < 4.78 is 7.24. The van der Waals surface area contributed by atoms with Crippen LogP contribution in [-0.2, 0) is 4.74 Å². The van der Waals surface area contributed by atoms with Crippen molar-refractivity contribution in [1.29, 1.82) is 0 Å². The summed E-state index contributed by atoms with van der Waals surface area (Å²) in [5, 5.41) is 6.38. The van der Waals surface area contributed by atoms with Crippen molar-refractivity contribution in [3.8, 4) is 11.3 Å². The highest BCUT2D eigenvalue weighted by Crippen LogP contribution is 2.31. The van der Waals surface area contributed by atoms with E-state index in [1.165, 1.54) is 5.56 Å². The molecule has 0 saturated carbocycles. The van der Waals surface area contributed by atoms with Crippen molar-refractivity contribution in [1.82, 2.24) is 19.6 Å². The molecule has 1 aliphatic rings. The second kappa shape index (κ2) is 10.3. The van der Waals surface area contributed by atoms with Gasteiger partial charge in [0.25, 0.3) is 0 Å². The van der Waals surface area contributed by atoms with Crippen LogP contribution in [0, 0.1) is 6.92 Å². The maximum absolute atomic E-state index is 13.4. The van der Waals surface area contributed by atoms with Gasteiger partial charge in [-0.05, 0) is 24.1 Å². The molecule has 1 saturated heterocycles. The molecule has 2 aromatic carbocycles. The highest BCUT2D eigenvalue weighted by Gasteiger charge is 2.34. The Morgan fingerprint density at radius 1 is 1.03 bits per heavy atom. The van der Waals surface area contributed by atoms with E-state index in [4.69, 9.17) is 9.72 Å². The van der Waals surface area contributed by atoms with Crippen molar-refractivity contribution in [3.05, 3.63) is 90.1 Å². The van der Waals surface area contributed by atoms with E-state index < -0.39 is 0 Å². The second-order valence-corrected chi connectivity index (χ2v) is 9.03. The van der Waals surface area contributed by atoms with E-state index in [0.29, 0.717) is 12.4 Å². The number of nitrogens with one attached hydrogen (secondary N) is 2. The van der Waals surface area contributed by atoms with Gasteiger partial charge in [0.2, 0.25) is 0 Å². The molecule has 4 aromatic rings. The first-order valence-electron chi connectivity index (χ1n) is 12.0. The first-order chi connectivity index (χ1) is 17.1. The Morgan fingerprint density at radius 2 is 1.77 bits per heavy atom. The number of hydrogen-bond donors (Lipinski definition) is 2. The zero-order valence-corrected chi connectivity index (χ0v) is 20.1. The van der Waals surface area contributed by atoms with Gasteiger partial charge in [0.1, 0.15) is 17.2 Å². The lowest BCUT2D eigenvalue weighted by atomic mass is 9.94. The molecule has 7 heteroatoms. The maximum atomic E-state index is 13.4. The number of aryl methyl sites for hydroxylation is 1. The summed E-state index contributed by atoms with van der Waals surface area (Å²) in [5.41, 5.74) is 4.82. The Kier molecular flexibility index (Phi) is 6.79. The number of aromatic nitrogens is 2. The molecule has 0 radical (unpaired) electrons. The van der Waals surface area contributed by atoms with Crippen molar-refractivity contribution >= 4 is 17.5 Å². The monoisotopic (exact) mass is 469 g/mol. The van der Waals surface area contributed by atoms with Crippen LogP contribution in [0.2, 0.25) is 0 Å². The Balaban J connectivity index is 1.41. The number of hydrogen-bond acceptors (Lipinski definition) is 4. The lowest BCUT2D eigenvalue weighted by Gasteiger charge is -2.21. The average Bonchev–Trinajstić information content (AvgIpc) is 3.46. The van der Waals surface area contributed by atoms with Gasteiger partial charge in [0.15, 0.2) is 0 Å². The molecule has 2 atom stereocenters. The molecule has 0 spiro atoms. The van der Waals surface area contributed by atoms with Crippen LogP contribution >= 0.6 is 0 Å². The van der Waals surface area contributed by atoms with Crippen LogP contribution in [0.15, 0.2) is 79.0 Å². The first kappa shape index (κ1) is 23.1. The number of anilines is 1. The van der Waals surface area contributed by atoms with Gasteiger partial charge in [0, 0.05) is 44.4 Å². The van der Waals surface area contributed by atoms with Crippen molar-refractivity contribution < 1.29 is 9.53 Å². The molecule has 2 aromatic heterocycles. The van der Waals surface area contributed by atoms with E-state index >= 15 is 0 Å². The van der Waals surface area contributed by atoms with Crippen molar-refractivity contribution in [2.75, 3.05) is 38.7 Å². The van der Waals surface area contributed by atoms with Gasteiger partial charge < -0.3 is 10.1 Å². The predicted octanol–water partition coefficient (Wildman–Crippen LogP) is 4.55. The molecule has 2 amide bonds. The summed E-state index contributed by atoms with van der Waals surface area (Å²) >= 11 is 0. The lowest BCUT2D eigenvalue weighted by Crippen LogP contribution is -2.42. The van der Waals surface area contributed by atoms with Crippen LogP contribution in [0.4, 0.5) is 10.6 Å². The van der Waals surface area contributed by atoms with Gasteiger partial charge in [-0.3, -0.25) is 14.6 Å². The third-order valence-corrected chi connectivity index (χ3v) is 6.68. The summed E-state index contributed by atoms with van der Waals surface area (Å²) in [6.45, 7) is 5.18. The Bertz CT molecular complexity index is 1290. The fraction of sp³-hybridized carbons (Fsp3) is 0.286. The molecule has 5 rings (SSSR count). The molecular weight excluding hydrogens is 438 g/mol. The topological polar surface area (TPSA) is 70.9 Å². The fourth-order valence-electron chi connectivity index (χ4n) is 4.91. The Labute approximate surface area is 205 Å². The molecule has 3 heterocycles. The summed E-state index contributed by atoms with van der Waals surface area (Å²) in [6.07, 6.45) is 1.94. The lowest BCUT2D eigenvalue weighted by molar-refractivity contribution is 0.159. The van der Waals surface area contributed by atoms with Gasteiger partial charge in [-0.25, -0.2) is 9.78 Å². The average molecular weight is 470 g/mol. The summed E-state index contributed by atoms with van der Waals surface area (Å²) in [7, 11) is 1.72. The number of fused-ring (bicyclic) bond motifs is 1. The standard InChI is InChI=1S/C28H31N5O2/c1-20-10-9-15-33-26(20)30-25(22-13-7-4-8-14-22)27(33)31-28(34)29-24-19-32(16-17-35-2)18-23(24)21-11-5-3-6-12-21/h3-15,23-24H,16-19H2,1-2H3,(H2,29,31,34)/t23-,24+/m0/s1. The molecule has 1 fully saturated rings. The number of urea groups is 1. The van der Waals surface area contributed by atoms with Crippen LogP contribution in [0.1, 0.15) is 17.0 Å². The molecule has 35 heavy (non-hydrogen) atoms. The number of rotatable bonds is 7. The van der Waals surface area contributed by atoms with Gasteiger partial charge in [-0.2, -0.15) is 0 Å². The number of nitrogens with zero attached hydrogens (tertiary/aromatic N) is 3. The summed E-state index contributed by atoms with van der Waals surface area (Å²) in [6, 6.07) is 24.1. The normalized spacial score (nSPS) is 18.1. The molecular formula is C28H31N5O2. The number of methoxy groups -OCH3 is 1. The van der Waals surface area contributed by atoms with Gasteiger partial charge in [-0.15, -0.1) is 0 Å². The number of likely N-dealkylation sites (tertiary alicyclic amines) is 1. The molecule has 0 unspecified atom stereocenters. The van der Waals surface area contributed by atoms with E-state index in [1.807, 2.05) is 66.1 Å². The number of ether oxygens (including phenoxy) is 1. The quantitative estimate of drug-likeness (QED) is 0.417. The Hall–Kier alpha value is -3.68. The summed E-state index contributed by atoms with van der Waals surface area (Å²) in [4.78, 5) is 20.6. The second-order valence-electron chi connectivity index (χ2n) is 9.03. The minimum absolute atomic E-state index is 0.0182. The highest BCUT2D eigenvalue weighted by atomic mass is 16.5. The zero-order chi connectivity index (χ0) is 24.2. The molecule has 0 bridgehead atoms. The summed E-state index contributed by atoms with van der Waals surface area (Å²) in [5.74, 6) is 0.870. The van der Waals surface area contributed by atoms with E-state index in [1.54, 1.807) is 7.11 Å². The van der Waals surface area contributed by atoms with Crippen LogP contribution in [0.25, 0.3) is 16.9 Å². The fourth-order valence-corrected chi connectivity index (χ4v) is 4.91. The number of carbonyl (C=O) groups excluding carboxylic acids is 1. The minimum atomic E-state index is -0.231. The van der Waals surface area contributed by atoms with Crippen molar-refractivity contribution in [2.45, 2.75) is 18.9 Å². The number of benzene rings is 2. The largest absolute Gasteiger partial charge is 0.383 e. The Morgan fingerprint density at radius 3 is 2.51 bits per heavy atom. The number of amides is 2. The molecule has 1 aliphatic heterocycles. The van der Waals surface area contributed by atoms with E-state index in [2.05, 4.69) is 39.8 Å². The first-order valence-corrected chi connectivity index (χ1v) is 12.0. The van der Waals surface area contributed by atoms with E-state index in [0.717, 1.165) is 42.1 Å². The third-order valence-electron chi connectivity index (χ3n) is 6.68. The van der Waals surface area contributed by atoms with Gasteiger partial charge in [0.05, 0.1) is 12.6 Å². The van der Waals surface area contributed by atoms with Crippen LogP contribution in [0.5, 0.6) is 0 Å². The number of imidazole rings is 1. The molecule has 7 nitrogen and oxygen atoms in total. The van der Waals surface area contributed by atoms with Crippen molar-refractivity contribution in [2.24, 2.45) is 0 Å². The zero-order valence-electron chi connectivity index (χ0n) is 20.1. The van der Waals surface area contributed by atoms with E-state index in [-0.39, 0.29) is 18.0 Å². The van der Waals surface area contributed by atoms with Crippen LogP contribution in [0.3, 0.4) is 0 Å². The molecule has 2 N–H and O–H groups in total. The predicted molar refractivity (Wildman–Crippen MR) is 139 cm³/mol. The SMILES string of the molecule is COCCN1C[C@@H](NC(=O)Nc2c(-c3ccccc3)nc3c(C)cccn23)[C@H](c2ccccc2)C1.